The second-order valence-corrected chi connectivity index (χ2v) is 7.73. The summed E-state index contributed by atoms with van der Waals surface area (Å²) in [6.45, 7) is 0. The lowest BCUT2D eigenvalue weighted by atomic mass is 9.96. The smallest absolute Gasteiger partial charge is 0.215 e. The van der Waals surface area contributed by atoms with Gasteiger partial charge in [0.25, 0.3) is 0 Å². The molecule has 28 heavy (non-hydrogen) atoms. The van der Waals surface area contributed by atoms with Crippen molar-refractivity contribution >= 4 is 21.6 Å². The summed E-state index contributed by atoms with van der Waals surface area (Å²) in [5.41, 5.74) is 4.26. The van der Waals surface area contributed by atoms with Gasteiger partial charge in [-0.1, -0.05) is 22.0 Å². The van der Waals surface area contributed by atoms with Crippen LogP contribution in [-0.4, -0.2) is 22.8 Å². The van der Waals surface area contributed by atoms with Gasteiger partial charge in [0, 0.05) is 34.4 Å². The molecule has 1 aromatic heterocycles. The molecule has 2 aromatic carbocycles. The molecule has 0 unspecified atom stereocenters. The first-order valence-corrected chi connectivity index (χ1v) is 9.88. The normalized spacial score (nSPS) is 20.1. The third-order valence-corrected chi connectivity index (χ3v) is 5.64. The lowest BCUT2D eigenvalue weighted by Gasteiger charge is -2.38. The van der Waals surface area contributed by atoms with Crippen LogP contribution >= 0.6 is 15.9 Å². The number of aromatic nitrogens is 1. The zero-order valence-corrected chi connectivity index (χ0v) is 16.8. The molecule has 3 aromatic rings. The topological polar surface area (TPSA) is 47.0 Å². The zero-order chi connectivity index (χ0) is 19.1. The van der Waals surface area contributed by atoms with Gasteiger partial charge in [-0.3, -0.25) is 4.98 Å². The van der Waals surface area contributed by atoms with E-state index in [1.54, 1.807) is 13.3 Å². The maximum atomic E-state index is 6.35. The predicted octanol–water partition coefficient (Wildman–Crippen LogP) is 5.10. The summed E-state index contributed by atoms with van der Waals surface area (Å²) in [6, 6.07) is 18.3. The monoisotopic (exact) mass is 435 g/mol. The standard InChI is InChI=1S/C22H18BrN3O2/c1-27-17-7-4-14(5-8-17)19-12-20-18-11-16(23)6-9-21(18)28-22(26(20)25-19)15-3-2-10-24-13-15/h2-11,13,20,22H,12H2,1H3/t20-,22-/m0/s1. The summed E-state index contributed by atoms with van der Waals surface area (Å²) in [5.74, 6) is 1.73. The molecule has 5 rings (SSSR count). The number of pyridine rings is 1. The average Bonchev–Trinajstić information content (AvgIpc) is 3.20. The molecule has 2 aliphatic rings. The van der Waals surface area contributed by atoms with E-state index in [0.717, 1.165) is 44.8 Å². The van der Waals surface area contributed by atoms with Gasteiger partial charge >= 0.3 is 0 Å². The number of rotatable bonds is 3. The van der Waals surface area contributed by atoms with E-state index in [1.165, 1.54) is 0 Å². The number of fused-ring (bicyclic) bond motifs is 3. The van der Waals surface area contributed by atoms with Crippen LogP contribution in [0.2, 0.25) is 0 Å². The van der Waals surface area contributed by atoms with E-state index in [4.69, 9.17) is 14.6 Å². The SMILES string of the molecule is COc1ccc(C2=NN3[C@@H](C2)c2cc(Br)ccc2O[C@H]3c2cccnc2)cc1. The van der Waals surface area contributed by atoms with Crippen molar-refractivity contribution in [2.75, 3.05) is 7.11 Å². The molecule has 2 atom stereocenters. The first-order chi connectivity index (χ1) is 13.7. The summed E-state index contributed by atoms with van der Waals surface area (Å²) in [5, 5.41) is 7.02. The highest BCUT2D eigenvalue weighted by atomic mass is 79.9. The fourth-order valence-electron chi connectivity index (χ4n) is 3.76. The van der Waals surface area contributed by atoms with Crippen molar-refractivity contribution in [1.29, 1.82) is 0 Å². The summed E-state index contributed by atoms with van der Waals surface area (Å²) < 4.78 is 12.7. The highest BCUT2D eigenvalue weighted by Gasteiger charge is 2.41. The van der Waals surface area contributed by atoms with Crippen LogP contribution in [0, 0.1) is 0 Å². The van der Waals surface area contributed by atoms with Gasteiger partial charge in [-0.2, -0.15) is 5.10 Å². The predicted molar refractivity (Wildman–Crippen MR) is 110 cm³/mol. The molecule has 0 fully saturated rings. The molecule has 0 amide bonds. The number of nitrogens with zero attached hydrogens (tertiary/aromatic N) is 3. The second kappa shape index (κ2) is 6.95. The Morgan fingerprint density at radius 2 is 2.00 bits per heavy atom. The molecule has 0 aliphatic carbocycles. The maximum Gasteiger partial charge on any atom is 0.215 e. The van der Waals surface area contributed by atoms with E-state index in [1.807, 2.05) is 42.6 Å². The Hall–Kier alpha value is -2.86. The molecule has 0 N–H and O–H groups in total. The Kier molecular flexibility index (Phi) is 4.28. The van der Waals surface area contributed by atoms with Crippen molar-refractivity contribution in [2.45, 2.75) is 18.7 Å². The van der Waals surface area contributed by atoms with E-state index < -0.39 is 0 Å². The van der Waals surface area contributed by atoms with Gasteiger partial charge in [0.2, 0.25) is 6.23 Å². The summed E-state index contributed by atoms with van der Waals surface area (Å²) >= 11 is 3.59. The van der Waals surface area contributed by atoms with E-state index in [0.29, 0.717) is 0 Å². The van der Waals surface area contributed by atoms with Gasteiger partial charge in [-0.15, -0.1) is 0 Å². The van der Waals surface area contributed by atoms with Crippen molar-refractivity contribution in [3.8, 4) is 11.5 Å². The zero-order valence-electron chi connectivity index (χ0n) is 15.2. The number of hydrazone groups is 1. The van der Waals surface area contributed by atoms with Crippen LogP contribution in [0.4, 0.5) is 0 Å². The molecule has 2 aliphatic heterocycles. The lowest BCUT2D eigenvalue weighted by molar-refractivity contribution is -0.0192. The third kappa shape index (κ3) is 2.94. The molecule has 0 bridgehead atoms. The van der Waals surface area contributed by atoms with Crippen molar-refractivity contribution in [1.82, 2.24) is 9.99 Å². The highest BCUT2D eigenvalue weighted by Crippen LogP contribution is 2.48. The third-order valence-electron chi connectivity index (χ3n) is 5.14. The Bertz CT molecular complexity index is 1040. The van der Waals surface area contributed by atoms with Crippen molar-refractivity contribution in [2.24, 2.45) is 5.10 Å². The first kappa shape index (κ1) is 17.3. The Balaban J connectivity index is 1.57. The van der Waals surface area contributed by atoms with Crippen molar-refractivity contribution in [3.63, 3.8) is 0 Å². The van der Waals surface area contributed by atoms with Gasteiger partial charge in [-0.05, 0) is 54.1 Å². The Morgan fingerprint density at radius 3 is 2.75 bits per heavy atom. The van der Waals surface area contributed by atoms with Crippen molar-refractivity contribution < 1.29 is 9.47 Å². The molecule has 5 nitrogen and oxygen atoms in total. The molecule has 0 saturated carbocycles. The Labute approximate surface area is 171 Å². The number of halogens is 1. The molecule has 0 spiro atoms. The molecular weight excluding hydrogens is 418 g/mol. The number of benzene rings is 2. The van der Waals surface area contributed by atoms with Crippen LogP contribution in [0.25, 0.3) is 0 Å². The number of hydrogen-bond acceptors (Lipinski definition) is 5. The number of ether oxygens (including phenoxy) is 2. The van der Waals surface area contributed by atoms with Crippen LogP contribution < -0.4 is 9.47 Å². The number of hydrogen-bond donors (Lipinski definition) is 0. The summed E-state index contributed by atoms with van der Waals surface area (Å²) in [4.78, 5) is 4.26. The first-order valence-electron chi connectivity index (χ1n) is 9.09. The number of methoxy groups -OCH3 is 1. The minimum Gasteiger partial charge on any atom is -0.497 e. The minimum atomic E-state index is -0.303. The van der Waals surface area contributed by atoms with Gasteiger partial charge in [-0.25, -0.2) is 5.01 Å². The molecule has 0 radical (unpaired) electrons. The fourth-order valence-corrected chi connectivity index (χ4v) is 4.14. The summed E-state index contributed by atoms with van der Waals surface area (Å²) in [7, 11) is 1.67. The minimum absolute atomic E-state index is 0.114. The Morgan fingerprint density at radius 1 is 1.14 bits per heavy atom. The van der Waals surface area contributed by atoms with Crippen LogP contribution in [0.3, 0.4) is 0 Å². The van der Waals surface area contributed by atoms with Crippen LogP contribution in [0.5, 0.6) is 11.5 Å². The summed E-state index contributed by atoms with van der Waals surface area (Å²) in [6.07, 6.45) is 4.12. The largest absolute Gasteiger partial charge is 0.497 e. The van der Waals surface area contributed by atoms with Gasteiger partial charge in [0.1, 0.15) is 11.5 Å². The quantitative estimate of drug-likeness (QED) is 0.574. The van der Waals surface area contributed by atoms with Gasteiger partial charge in [0.05, 0.1) is 18.9 Å². The molecule has 6 heteroatoms. The second-order valence-electron chi connectivity index (χ2n) is 6.81. The lowest BCUT2D eigenvalue weighted by Crippen LogP contribution is -2.33. The highest BCUT2D eigenvalue weighted by molar-refractivity contribution is 9.10. The van der Waals surface area contributed by atoms with E-state index in [2.05, 4.69) is 44.1 Å². The molecule has 0 saturated heterocycles. The maximum absolute atomic E-state index is 6.35. The van der Waals surface area contributed by atoms with Crippen molar-refractivity contribution in [3.05, 3.63) is 88.2 Å². The van der Waals surface area contributed by atoms with Crippen LogP contribution in [-0.2, 0) is 0 Å². The van der Waals surface area contributed by atoms with Gasteiger partial charge < -0.3 is 9.47 Å². The van der Waals surface area contributed by atoms with Crippen LogP contribution in [0.15, 0.2) is 76.6 Å². The average molecular weight is 436 g/mol. The molecular formula is C22H18BrN3O2. The molecule has 3 heterocycles. The van der Waals surface area contributed by atoms with Gasteiger partial charge in [0.15, 0.2) is 0 Å². The van der Waals surface area contributed by atoms with E-state index >= 15 is 0 Å². The fraction of sp³-hybridized carbons (Fsp3) is 0.182. The molecule has 140 valence electrons. The van der Waals surface area contributed by atoms with E-state index in [9.17, 15) is 0 Å². The van der Waals surface area contributed by atoms with Crippen LogP contribution in [0.1, 0.15) is 35.4 Å². The van der Waals surface area contributed by atoms with E-state index in [-0.39, 0.29) is 12.3 Å².